The Morgan fingerprint density at radius 1 is 1.26 bits per heavy atom. The fourth-order valence-electron chi connectivity index (χ4n) is 4.42. The third kappa shape index (κ3) is 1.76. The predicted octanol–water partition coefficient (Wildman–Crippen LogP) is 3.36. The van der Waals surface area contributed by atoms with Crippen molar-refractivity contribution in [2.24, 2.45) is 23.7 Å². The SMILES string of the molecule is O=C(NC1C2C3CCC(C3)C12)c1cc(Br)ccc1F. The van der Waals surface area contributed by atoms with Crippen LogP contribution in [0.15, 0.2) is 22.7 Å². The number of carbonyl (C=O) groups excluding carboxylic acids is 1. The second-order valence-electron chi connectivity index (χ2n) is 6.11. The van der Waals surface area contributed by atoms with Crippen molar-refractivity contribution in [1.29, 1.82) is 0 Å². The topological polar surface area (TPSA) is 29.1 Å². The number of rotatable bonds is 2. The molecule has 2 bridgehead atoms. The van der Waals surface area contributed by atoms with Crippen LogP contribution in [0.5, 0.6) is 0 Å². The highest BCUT2D eigenvalue weighted by Crippen LogP contribution is 2.65. The summed E-state index contributed by atoms with van der Waals surface area (Å²) < 4.78 is 14.4. The molecule has 1 amide bonds. The van der Waals surface area contributed by atoms with Gasteiger partial charge in [-0.15, -0.1) is 0 Å². The van der Waals surface area contributed by atoms with E-state index in [0.29, 0.717) is 17.9 Å². The molecule has 0 aliphatic heterocycles. The third-order valence-corrected chi connectivity index (χ3v) is 5.70. The summed E-state index contributed by atoms with van der Waals surface area (Å²) in [6.45, 7) is 0. The van der Waals surface area contributed by atoms with E-state index in [1.807, 2.05) is 0 Å². The normalized spacial score (nSPS) is 38.1. The molecule has 3 fully saturated rings. The largest absolute Gasteiger partial charge is 0.349 e. The molecule has 0 saturated heterocycles. The van der Waals surface area contributed by atoms with Gasteiger partial charge < -0.3 is 5.32 Å². The molecule has 4 unspecified atom stereocenters. The highest BCUT2D eigenvalue weighted by atomic mass is 79.9. The summed E-state index contributed by atoms with van der Waals surface area (Å²) in [5.41, 5.74) is 0.145. The van der Waals surface area contributed by atoms with E-state index in [9.17, 15) is 9.18 Å². The van der Waals surface area contributed by atoms with Crippen LogP contribution in [0.4, 0.5) is 4.39 Å². The van der Waals surface area contributed by atoms with Gasteiger partial charge in [-0.1, -0.05) is 15.9 Å². The van der Waals surface area contributed by atoms with Gasteiger partial charge in [0, 0.05) is 10.5 Å². The Bertz CT molecular complexity index is 545. The molecule has 3 aliphatic rings. The molecule has 1 aromatic carbocycles. The van der Waals surface area contributed by atoms with Gasteiger partial charge in [-0.3, -0.25) is 4.79 Å². The van der Waals surface area contributed by atoms with Crippen molar-refractivity contribution >= 4 is 21.8 Å². The Morgan fingerprint density at radius 2 is 1.95 bits per heavy atom. The van der Waals surface area contributed by atoms with E-state index >= 15 is 0 Å². The Balaban J connectivity index is 1.50. The quantitative estimate of drug-likeness (QED) is 0.888. The molecule has 1 aromatic rings. The van der Waals surface area contributed by atoms with Crippen molar-refractivity contribution in [2.75, 3.05) is 0 Å². The molecule has 0 spiro atoms. The molecular weight excluding hydrogens is 309 g/mol. The van der Waals surface area contributed by atoms with Gasteiger partial charge in [0.2, 0.25) is 0 Å². The van der Waals surface area contributed by atoms with Crippen LogP contribution in [-0.4, -0.2) is 11.9 Å². The summed E-state index contributed by atoms with van der Waals surface area (Å²) in [6, 6.07) is 4.80. The summed E-state index contributed by atoms with van der Waals surface area (Å²) in [4.78, 5) is 12.2. The maximum Gasteiger partial charge on any atom is 0.254 e. The Hall–Kier alpha value is -0.900. The number of hydrogen-bond donors (Lipinski definition) is 1. The minimum Gasteiger partial charge on any atom is -0.349 e. The molecule has 1 N–H and O–H groups in total. The van der Waals surface area contributed by atoms with Crippen LogP contribution in [0, 0.1) is 29.5 Å². The van der Waals surface area contributed by atoms with Gasteiger partial charge in [-0.25, -0.2) is 4.39 Å². The smallest absolute Gasteiger partial charge is 0.254 e. The maximum atomic E-state index is 13.7. The Morgan fingerprint density at radius 3 is 2.63 bits per heavy atom. The minimum absolute atomic E-state index is 0.145. The van der Waals surface area contributed by atoms with E-state index in [0.717, 1.165) is 16.3 Å². The first-order chi connectivity index (χ1) is 9.15. The second kappa shape index (κ2) is 4.05. The number of hydrogen-bond acceptors (Lipinski definition) is 1. The van der Waals surface area contributed by atoms with Crippen LogP contribution in [0.25, 0.3) is 0 Å². The molecule has 4 heteroatoms. The van der Waals surface area contributed by atoms with E-state index in [2.05, 4.69) is 21.2 Å². The van der Waals surface area contributed by atoms with Crippen LogP contribution in [0.2, 0.25) is 0 Å². The van der Waals surface area contributed by atoms with Crippen LogP contribution in [0.1, 0.15) is 29.6 Å². The second-order valence-corrected chi connectivity index (χ2v) is 7.03. The Kier molecular flexibility index (Phi) is 2.53. The van der Waals surface area contributed by atoms with E-state index < -0.39 is 5.82 Å². The molecule has 19 heavy (non-hydrogen) atoms. The van der Waals surface area contributed by atoms with Gasteiger partial charge in [-0.2, -0.15) is 0 Å². The van der Waals surface area contributed by atoms with Crippen molar-refractivity contribution in [3.8, 4) is 0 Å². The first-order valence-corrected chi connectivity index (χ1v) is 7.70. The van der Waals surface area contributed by atoms with Gasteiger partial charge >= 0.3 is 0 Å². The standard InChI is InChI=1S/C15H15BrFNO/c16-9-3-4-11(17)10(6-9)15(19)18-14-12-7-1-2-8(5-7)13(12)14/h3-4,6-8,12-14H,1-2,5H2,(H,18,19). The lowest BCUT2D eigenvalue weighted by Crippen LogP contribution is -2.30. The minimum atomic E-state index is -0.450. The van der Waals surface area contributed by atoms with Gasteiger partial charge in [0.1, 0.15) is 5.82 Å². The molecule has 4 rings (SSSR count). The molecule has 3 aliphatic carbocycles. The zero-order chi connectivity index (χ0) is 13.1. The number of fused-ring (bicyclic) bond motifs is 5. The van der Waals surface area contributed by atoms with Crippen LogP contribution >= 0.6 is 15.9 Å². The molecular formula is C15H15BrFNO. The lowest BCUT2D eigenvalue weighted by atomic mass is 10.0. The molecule has 100 valence electrons. The predicted molar refractivity (Wildman–Crippen MR) is 73.2 cm³/mol. The number of carbonyl (C=O) groups is 1. The number of benzene rings is 1. The molecule has 0 heterocycles. The van der Waals surface area contributed by atoms with Crippen molar-refractivity contribution in [3.63, 3.8) is 0 Å². The average Bonchev–Trinajstić information content (AvgIpc) is 2.80. The summed E-state index contributed by atoms with van der Waals surface area (Å²) in [5.74, 6) is 2.27. The first kappa shape index (κ1) is 11.9. The van der Waals surface area contributed by atoms with Crippen molar-refractivity contribution in [3.05, 3.63) is 34.1 Å². The summed E-state index contributed by atoms with van der Waals surface area (Å²) >= 11 is 3.28. The zero-order valence-electron chi connectivity index (χ0n) is 10.4. The van der Waals surface area contributed by atoms with E-state index in [4.69, 9.17) is 0 Å². The molecule has 2 nitrogen and oxygen atoms in total. The lowest BCUT2D eigenvalue weighted by molar-refractivity contribution is 0.0940. The molecule has 0 aromatic heterocycles. The fourth-order valence-corrected chi connectivity index (χ4v) is 4.78. The first-order valence-electron chi connectivity index (χ1n) is 6.91. The van der Waals surface area contributed by atoms with Gasteiger partial charge in [0.15, 0.2) is 0 Å². The third-order valence-electron chi connectivity index (χ3n) is 5.21. The van der Waals surface area contributed by atoms with Crippen molar-refractivity contribution < 1.29 is 9.18 Å². The van der Waals surface area contributed by atoms with Crippen molar-refractivity contribution in [1.82, 2.24) is 5.32 Å². The van der Waals surface area contributed by atoms with E-state index in [1.54, 1.807) is 12.1 Å². The summed E-state index contributed by atoms with van der Waals surface area (Å²) in [5, 5.41) is 3.04. The van der Waals surface area contributed by atoms with Crippen LogP contribution < -0.4 is 5.32 Å². The number of nitrogens with one attached hydrogen (secondary N) is 1. The van der Waals surface area contributed by atoms with Crippen molar-refractivity contribution in [2.45, 2.75) is 25.3 Å². The molecule has 0 radical (unpaired) electrons. The highest BCUT2D eigenvalue weighted by molar-refractivity contribution is 9.10. The van der Waals surface area contributed by atoms with Crippen LogP contribution in [-0.2, 0) is 0 Å². The fraction of sp³-hybridized carbons (Fsp3) is 0.533. The zero-order valence-corrected chi connectivity index (χ0v) is 12.0. The highest BCUT2D eigenvalue weighted by Gasteiger charge is 2.65. The molecule has 4 atom stereocenters. The van der Waals surface area contributed by atoms with Gasteiger partial charge in [0.05, 0.1) is 5.56 Å². The summed E-state index contributed by atoms with van der Waals surface area (Å²) in [7, 11) is 0. The van der Waals surface area contributed by atoms with Gasteiger partial charge in [-0.05, 0) is 61.1 Å². The lowest BCUT2D eigenvalue weighted by Gasteiger charge is -2.11. The van der Waals surface area contributed by atoms with E-state index in [-0.39, 0.29) is 11.5 Å². The van der Waals surface area contributed by atoms with E-state index in [1.165, 1.54) is 25.3 Å². The Labute approximate surface area is 119 Å². The van der Waals surface area contributed by atoms with Crippen LogP contribution in [0.3, 0.4) is 0 Å². The summed E-state index contributed by atoms with van der Waals surface area (Å²) in [6.07, 6.45) is 4.00. The maximum absolute atomic E-state index is 13.7. The van der Waals surface area contributed by atoms with Gasteiger partial charge in [0.25, 0.3) is 5.91 Å². The monoisotopic (exact) mass is 323 g/mol. The average molecular weight is 324 g/mol. The molecule has 3 saturated carbocycles. The number of amides is 1. The number of halogens is 2.